The number of ketones is 1. The van der Waals surface area contributed by atoms with Crippen molar-refractivity contribution in [1.29, 1.82) is 0 Å². The number of carbonyl (C=O) groups excluding carboxylic acids is 1. The molecule has 0 atom stereocenters. The molecule has 112 heavy (non-hydrogen) atoms. The molecule has 0 radical (unpaired) electrons. The zero-order valence-corrected chi connectivity index (χ0v) is 63.8. The molecule has 3 N–H and O–H groups in total. The fourth-order valence-corrected chi connectivity index (χ4v) is 16.8. The number of pyridine rings is 4. The molecule has 4 aromatic heterocycles. The summed E-state index contributed by atoms with van der Waals surface area (Å²) in [5, 5.41) is 9.45. The molecule has 0 bridgehead atoms. The first-order chi connectivity index (χ1) is 49.5. The molecular weight excluding hydrogens is 1580 g/mol. The Morgan fingerprint density at radius 2 is 0.598 bits per heavy atom. The molecule has 0 amide bonds. The van der Waals surface area contributed by atoms with Crippen LogP contribution >= 0.6 is 11.6 Å². The van der Waals surface area contributed by atoms with Crippen LogP contribution in [0.5, 0.6) is 17.6 Å². The first-order valence-corrected chi connectivity index (χ1v) is 34.7. The summed E-state index contributed by atoms with van der Waals surface area (Å²) in [6.07, 6.45) is -38.6. The molecule has 2 spiro atoms. The van der Waals surface area contributed by atoms with Gasteiger partial charge in [0.2, 0.25) is 17.6 Å². The van der Waals surface area contributed by atoms with Crippen molar-refractivity contribution < 1.29 is 148 Å². The number of aliphatic hydroxyl groups is 1. The van der Waals surface area contributed by atoms with Crippen molar-refractivity contribution in [3.63, 3.8) is 0 Å². The largest absolute Gasteiger partial charge is 0.473 e. The number of carbonyl (C=O) groups is 1. The second-order valence-corrected chi connectivity index (χ2v) is 34.5. The van der Waals surface area contributed by atoms with Gasteiger partial charge in [0.25, 0.3) is 0 Å². The van der Waals surface area contributed by atoms with E-state index in [2.05, 4.69) is 47.6 Å². The summed E-state index contributed by atoms with van der Waals surface area (Å²) in [4.78, 5) is 24.5. The molecule has 0 unspecified atom stereocenters. The molecule has 6 heterocycles. The highest BCUT2D eigenvalue weighted by Crippen LogP contribution is 2.57. The summed E-state index contributed by atoms with van der Waals surface area (Å²) in [6, 6.07) is 1.51. The van der Waals surface area contributed by atoms with Crippen LogP contribution in [-0.2, 0) is 73.2 Å². The van der Waals surface area contributed by atoms with Gasteiger partial charge in [-0.05, 0) is 54.0 Å². The molecule has 4 aromatic rings. The van der Waals surface area contributed by atoms with Gasteiger partial charge in [-0.2, -0.15) is 105 Å². The van der Waals surface area contributed by atoms with E-state index in [1.54, 1.807) is 27.7 Å². The summed E-state index contributed by atoms with van der Waals surface area (Å²) in [5.74, 6) is -3.45. The molecule has 39 heteroatoms. The van der Waals surface area contributed by atoms with E-state index in [4.69, 9.17) is 50.5 Å². The first-order valence-electron chi connectivity index (χ1n) is 34.3. The van der Waals surface area contributed by atoms with Gasteiger partial charge in [-0.15, -0.1) is 0 Å². The van der Waals surface area contributed by atoms with Gasteiger partial charge in [0.15, 0.2) is 11.6 Å². The van der Waals surface area contributed by atoms with Crippen LogP contribution in [0.15, 0.2) is 48.5 Å². The van der Waals surface area contributed by atoms with E-state index < -0.39 is 180 Å². The Bertz CT molecular complexity index is 3680. The van der Waals surface area contributed by atoms with Gasteiger partial charge in [-0.3, -0.25) is 4.79 Å². The lowest BCUT2D eigenvalue weighted by atomic mass is 9.60. The van der Waals surface area contributed by atoms with Crippen LogP contribution in [0.2, 0.25) is 5.15 Å². The minimum absolute atomic E-state index is 0. The first kappa shape index (κ1) is 96.6. The lowest BCUT2D eigenvalue weighted by Crippen LogP contribution is -2.58. The Kier molecular flexibility index (Phi) is 28.0. The number of aliphatic hydroxyl groups excluding tert-OH is 1. The molecule has 2 aliphatic heterocycles. The van der Waals surface area contributed by atoms with Gasteiger partial charge in [0.1, 0.15) is 52.0 Å². The molecule has 6 fully saturated rings. The summed E-state index contributed by atoms with van der Waals surface area (Å²) >= 11 is 5.05. The van der Waals surface area contributed by atoms with E-state index in [1.807, 2.05) is 55.4 Å². The smallest absolute Gasteiger partial charge is 0.433 e. The van der Waals surface area contributed by atoms with E-state index in [0.717, 1.165) is 12.8 Å². The number of hydrogen-bond acceptors (Lipinski definition) is 14. The molecule has 638 valence electrons. The van der Waals surface area contributed by atoms with Crippen molar-refractivity contribution in [3.8, 4) is 17.6 Å². The molecule has 4 saturated carbocycles. The van der Waals surface area contributed by atoms with Gasteiger partial charge in [-0.25, -0.2) is 19.9 Å². The third-order valence-corrected chi connectivity index (χ3v) is 19.7. The summed E-state index contributed by atoms with van der Waals surface area (Å²) in [7, 11) is 0. The van der Waals surface area contributed by atoms with Gasteiger partial charge in [0, 0.05) is 95.3 Å². The number of nitrogens with zero attached hydrogens (tertiary/aromatic N) is 4. The summed E-state index contributed by atoms with van der Waals surface area (Å²) in [5.41, 5.74) is -10.7. The van der Waals surface area contributed by atoms with Crippen LogP contribution in [-0.4, -0.2) is 99.3 Å². The lowest BCUT2D eigenvalue weighted by Gasteiger charge is -2.53. The third kappa shape index (κ3) is 24.6. The fraction of sp³-hybridized carbons (Fsp3) is 0.712. The second kappa shape index (κ2) is 32.5. The van der Waals surface area contributed by atoms with Crippen LogP contribution in [0.4, 0.5) is 105 Å². The van der Waals surface area contributed by atoms with E-state index in [1.165, 1.54) is 0 Å². The normalized spacial score (nSPS) is 23.3. The number of nitrogens with two attached hydrogens (primary N) is 1. The minimum Gasteiger partial charge on any atom is -0.473 e. The monoisotopic (exact) mass is 1670 g/mol. The van der Waals surface area contributed by atoms with Crippen molar-refractivity contribution in [2.24, 2.45) is 49.1 Å². The summed E-state index contributed by atoms with van der Waals surface area (Å²) < 4.78 is 347. The van der Waals surface area contributed by atoms with Crippen molar-refractivity contribution in [2.75, 3.05) is 26.4 Å². The number of aromatic nitrogens is 4. The number of hydrogen-bond donors (Lipinski definition) is 2. The van der Waals surface area contributed by atoms with Gasteiger partial charge in [0.05, 0.1) is 54.8 Å². The Hall–Kier alpha value is -5.96. The van der Waals surface area contributed by atoms with E-state index in [-0.39, 0.29) is 73.3 Å². The van der Waals surface area contributed by atoms with Crippen molar-refractivity contribution in [2.45, 2.75) is 261 Å². The van der Waals surface area contributed by atoms with Crippen LogP contribution < -0.4 is 19.9 Å². The molecule has 0 aromatic carbocycles. The average molecular weight is 1670 g/mol. The minimum atomic E-state index is -5.05. The average Bonchev–Trinajstić information content (AvgIpc) is 1.27. The predicted molar refractivity (Wildman–Crippen MR) is 357 cm³/mol. The molecular formula is C73H92ClF24N5O9. The van der Waals surface area contributed by atoms with E-state index in [0.29, 0.717) is 76.4 Å². The second-order valence-electron chi connectivity index (χ2n) is 34.1. The molecule has 6 aliphatic rings. The number of rotatable bonds is 6. The van der Waals surface area contributed by atoms with Crippen molar-refractivity contribution in [3.05, 3.63) is 98.7 Å². The topological polar surface area (TPSA) is 179 Å². The summed E-state index contributed by atoms with van der Waals surface area (Å²) in [6.45, 7) is 32.0. The van der Waals surface area contributed by atoms with Gasteiger partial charge in [-0.1, -0.05) is 130 Å². The quantitative estimate of drug-likeness (QED) is 0.138. The Balaban J connectivity index is 0.000000255. The van der Waals surface area contributed by atoms with Gasteiger partial charge >= 0.3 is 49.4 Å². The Morgan fingerprint density at radius 3 is 0.857 bits per heavy atom. The highest BCUT2D eigenvalue weighted by molar-refractivity contribution is 6.29. The molecule has 4 aliphatic carbocycles. The van der Waals surface area contributed by atoms with Crippen molar-refractivity contribution >= 4 is 17.4 Å². The van der Waals surface area contributed by atoms with Crippen LogP contribution in [0.25, 0.3) is 0 Å². The van der Waals surface area contributed by atoms with E-state index >= 15 is 0 Å². The third-order valence-electron chi connectivity index (χ3n) is 19.5. The maximum atomic E-state index is 13.1. The lowest BCUT2D eigenvalue weighted by molar-refractivity contribution is -0.252. The van der Waals surface area contributed by atoms with Crippen LogP contribution in [0, 0.1) is 43.3 Å². The molecule has 10 rings (SSSR count). The SMILES string of the molecule is C.CC1(C)CC(=O)CC(C)(C)C1Oc1cc(C(F)(F)F)cc(C(F)(F)F)n1.CC1(C)CC(N)CC(C)(C)C1Oc1cc(C(F)(F)F)cc(C(F)(F)F)n1.CC1(C)CC2(CC(C)(C)C1O)OCCO2.CC1(C)CC2(CC(C)(C)C1Oc1cc(C(F)(F)F)cc(C(F)(F)F)n1)OCCO2.FC(F)(F)c1cc(Cl)nc(C(F)(F)F)c1. The highest BCUT2D eigenvalue weighted by atomic mass is 35.5. The maximum Gasteiger partial charge on any atom is 0.433 e. The number of ether oxygens (including phenoxy) is 7. The number of Topliss-reactive ketones (excluding diaryl/α,β-unsaturated/α-hetero) is 1. The van der Waals surface area contributed by atoms with Crippen molar-refractivity contribution in [1.82, 2.24) is 19.9 Å². The number of alkyl halides is 24. The maximum absolute atomic E-state index is 13.1. The Morgan fingerprint density at radius 1 is 0.366 bits per heavy atom. The molecule has 2 saturated heterocycles. The van der Waals surface area contributed by atoms with Crippen LogP contribution in [0.3, 0.4) is 0 Å². The highest BCUT2D eigenvalue weighted by Gasteiger charge is 2.60. The predicted octanol–water partition coefficient (Wildman–Crippen LogP) is 22.1. The zero-order valence-electron chi connectivity index (χ0n) is 63.0. The van der Waals surface area contributed by atoms with E-state index in [9.17, 15) is 115 Å². The Labute approximate surface area is 636 Å². The van der Waals surface area contributed by atoms with Crippen LogP contribution in [0.1, 0.15) is 215 Å². The fourth-order valence-electron chi connectivity index (χ4n) is 16.6. The zero-order chi connectivity index (χ0) is 85.3. The van der Waals surface area contributed by atoms with Gasteiger partial charge < -0.3 is 44.0 Å². The number of halogens is 25. The standard InChI is InChI=1S/C19H23F6NO3.C17H22F6N2O.C17H19F6NO2.C12H22O3.C7H2ClF6N.CH4/c1-15(2)9-17(27-5-6-28-17)10-16(3,4)14(15)29-13-8-11(18(20,21)22)7-12(26-13)19(23,24)25;1-14(2)7-10(24)8-15(3,4)13(14)26-12-6-9(16(18,19)20)5-11(25-12)17(21,22)23;1-14(2)7-10(25)8-15(3,4)13(14)26-12-6-9(16(18,19)20)5-11(24-12)17(21,22)23;1-10(2)7-12(14-5-6-15-12)8-11(3,4)9(10)13;8-5-2-3(6(9,10)11)1-4(15-5)7(12,13)14;/h7-8,14H,5-6,9-10H2,1-4H3;5-6,10,13H,7-8,24H2,1-4H3;5-6,13H,7-8H2,1-4H3;9,13H,5-8H2,1-4H3;1-2H;1H4. The molecule has 14 nitrogen and oxygen atoms in total.